The van der Waals surface area contributed by atoms with Gasteiger partial charge in [0, 0.05) is 24.1 Å². The van der Waals surface area contributed by atoms with Crippen LogP contribution in [0, 0.1) is 12.7 Å². The van der Waals surface area contributed by atoms with E-state index in [2.05, 4.69) is 0 Å². The van der Waals surface area contributed by atoms with Crippen LogP contribution in [0.4, 0.5) is 4.39 Å². The third-order valence-electron chi connectivity index (χ3n) is 3.06. The summed E-state index contributed by atoms with van der Waals surface area (Å²) < 4.78 is 14.5. The fourth-order valence-corrected chi connectivity index (χ4v) is 2.05. The molecule has 1 aromatic heterocycles. The summed E-state index contributed by atoms with van der Waals surface area (Å²) in [5.74, 6) is -1.55. The van der Waals surface area contributed by atoms with E-state index < -0.39 is 11.8 Å². The Kier molecular flexibility index (Phi) is 3.21. The molecule has 1 N–H and O–H groups in total. The number of carboxylic acid groups (broad SMARTS) is 1. The number of rotatable bonds is 2. The number of carboxylic acids is 1. The topological polar surface area (TPSA) is 59.3 Å². The molecule has 19 heavy (non-hydrogen) atoms. The van der Waals surface area contributed by atoms with E-state index in [-0.39, 0.29) is 5.56 Å². The van der Waals surface area contributed by atoms with Crippen molar-refractivity contribution in [3.05, 3.63) is 51.6 Å². The summed E-state index contributed by atoms with van der Waals surface area (Å²) in [4.78, 5) is 22.7. The maximum Gasteiger partial charge on any atom is 0.328 e. The Morgan fingerprint density at radius 1 is 1.42 bits per heavy atom. The summed E-state index contributed by atoms with van der Waals surface area (Å²) in [5.41, 5.74) is 1.06. The molecule has 0 bridgehead atoms. The van der Waals surface area contributed by atoms with Gasteiger partial charge in [-0.3, -0.25) is 4.79 Å². The van der Waals surface area contributed by atoms with Crippen LogP contribution in [0.3, 0.4) is 0 Å². The number of carbonyl (C=O) groups is 1. The van der Waals surface area contributed by atoms with Gasteiger partial charge in [0.2, 0.25) is 0 Å². The zero-order valence-electron chi connectivity index (χ0n) is 10.5. The Bertz CT molecular complexity index is 759. The first-order valence-corrected chi connectivity index (χ1v) is 5.61. The van der Waals surface area contributed by atoms with Crippen molar-refractivity contribution >= 4 is 22.9 Å². The summed E-state index contributed by atoms with van der Waals surface area (Å²) in [6.45, 7) is 1.71. The predicted octanol–water partition coefficient (Wildman–Crippen LogP) is 2.08. The Morgan fingerprint density at radius 3 is 2.74 bits per heavy atom. The molecule has 2 aromatic rings. The Labute approximate surface area is 108 Å². The van der Waals surface area contributed by atoms with E-state index in [1.54, 1.807) is 13.0 Å². The summed E-state index contributed by atoms with van der Waals surface area (Å²) >= 11 is 0. The van der Waals surface area contributed by atoms with Crippen molar-refractivity contribution < 1.29 is 14.3 Å². The number of fused-ring (bicyclic) bond motifs is 1. The molecule has 1 aromatic carbocycles. The van der Waals surface area contributed by atoms with E-state index >= 15 is 0 Å². The number of hydrogen-bond acceptors (Lipinski definition) is 2. The lowest BCUT2D eigenvalue weighted by Gasteiger charge is -2.10. The van der Waals surface area contributed by atoms with Crippen LogP contribution in [0.2, 0.25) is 0 Å². The quantitative estimate of drug-likeness (QED) is 0.842. The molecule has 0 amide bonds. The number of halogens is 1. The number of aryl methyl sites for hydroxylation is 2. The Morgan fingerprint density at radius 2 is 2.11 bits per heavy atom. The third kappa shape index (κ3) is 2.27. The van der Waals surface area contributed by atoms with E-state index in [9.17, 15) is 14.0 Å². The van der Waals surface area contributed by atoms with E-state index in [0.717, 1.165) is 6.08 Å². The summed E-state index contributed by atoms with van der Waals surface area (Å²) in [7, 11) is 1.53. The maximum atomic E-state index is 13.2. The zero-order valence-corrected chi connectivity index (χ0v) is 10.5. The highest BCUT2D eigenvalue weighted by molar-refractivity contribution is 5.89. The Balaban J connectivity index is 2.84. The van der Waals surface area contributed by atoms with Crippen LogP contribution in [-0.4, -0.2) is 15.6 Å². The van der Waals surface area contributed by atoms with Crippen molar-refractivity contribution in [2.45, 2.75) is 6.92 Å². The molecule has 0 unspecified atom stereocenters. The van der Waals surface area contributed by atoms with Gasteiger partial charge in [-0.15, -0.1) is 0 Å². The minimum atomic E-state index is -1.12. The first-order valence-electron chi connectivity index (χ1n) is 5.61. The maximum absolute atomic E-state index is 13.2. The van der Waals surface area contributed by atoms with E-state index in [1.807, 2.05) is 0 Å². The largest absolute Gasteiger partial charge is 0.478 e. The predicted molar refractivity (Wildman–Crippen MR) is 70.6 cm³/mol. The highest BCUT2D eigenvalue weighted by Crippen LogP contribution is 2.20. The van der Waals surface area contributed by atoms with Gasteiger partial charge in [0.05, 0.1) is 5.52 Å². The smallest absolute Gasteiger partial charge is 0.328 e. The second-order valence-electron chi connectivity index (χ2n) is 4.24. The first kappa shape index (κ1) is 13.0. The standard InChI is InChI=1S/C14H12FNO3/c1-8-10-4-3-9(15)7-12(10)16(2)14(19)11(8)5-6-13(17)18/h3-7H,1-2H3,(H,17,18)/b6-5+. The minimum Gasteiger partial charge on any atom is -0.478 e. The molecule has 0 saturated carbocycles. The number of aliphatic carboxylic acids is 1. The summed E-state index contributed by atoms with van der Waals surface area (Å²) in [5, 5.41) is 9.35. The molecule has 0 atom stereocenters. The fourth-order valence-electron chi connectivity index (χ4n) is 2.05. The molecule has 4 nitrogen and oxygen atoms in total. The number of pyridine rings is 1. The molecule has 0 fully saturated rings. The van der Waals surface area contributed by atoms with Crippen molar-refractivity contribution in [1.29, 1.82) is 0 Å². The van der Waals surface area contributed by atoms with Crippen LogP contribution >= 0.6 is 0 Å². The molecule has 2 rings (SSSR count). The fraction of sp³-hybridized carbons (Fsp3) is 0.143. The van der Waals surface area contributed by atoms with Crippen molar-refractivity contribution in [3.8, 4) is 0 Å². The molecule has 0 spiro atoms. The molecule has 0 aliphatic rings. The molecule has 5 heteroatoms. The minimum absolute atomic E-state index is 0.295. The molecule has 98 valence electrons. The molecule has 0 radical (unpaired) electrons. The second kappa shape index (κ2) is 4.68. The van der Waals surface area contributed by atoms with Gasteiger partial charge in [0.1, 0.15) is 5.82 Å². The van der Waals surface area contributed by atoms with Gasteiger partial charge < -0.3 is 9.67 Å². The molecular weight excluding hydrogens is 249 g/mol. The van der Waals surface area contributed by atoms with Crippen LogP contribution in [0.25, 0.3) is 17.0 Å². The van der Waals surface area contributed by atoms with Crippen LogP contribution in [0.15, 0.2) is 29.1 Å². The van der Waals surface area contributed by atoms with Crippen LogP contribution in [0.1, 0.15) is 11.1 Å². The van der Waals surface area contributed by atoms with Gasteiger partial charge in [-0.2, -0.15) is 0 Å². The van der Waals surface area contributed by atoms with E-state index in [0.29, 0.717) is 22.0 Å². The van der Waals surface area contributed by atoms with Crippen molar-refractivity contribution in [2.24, 2.45) is 7.05 Å². The monoisotopic (exact) mass is 261 g/mol. The lowest BCUT2D eigenvalue weighted by atomic mass is 10.0. The van der Waals surface area contributed by atoms with Gasteiger partial charge in [-0.1, -0.05) is 0 Å². The SMILES string of the molecule is Cc1c(/C=C/C(=O)O)c(=O)n(C)c2cc(F)ccc12. The van der Waals surface area contributed by atoms with Gasteiger partial charge in [0.15, 0.2) is 0 Å². The van der Waals surface area contributed by atoms with Crippen molar-refractivity contribution in [2.75, 3.05) is 0 Å². The van der Waals surface area contributed by atoms with Crippen molar-refractivity contribution in [3.63, 3.8) is 0 Å². The normalized spacial score (nSPS) is 11.3. The first-order chi connectivity index (χ1) is 8.91. The van der Waals surface area contributed by atoms with Gasteiger partial charge in [0.25, 0.3) is 5.56 Å². The van der Waals surface area contributed by atoms with Crippen LogP contribution in [-0.2, 0) is 11.8 Å². The lowest BCUT2D eigenvalue weighted by molar-refractivity contribution is -0.131. The average molecular weight is 261 g/mol. The van der Waals surface area contributed by atoms with E-state index in [4.69, 9.17) is 5.11 Å². The van der Waals surface area contributed by atoms with Gasteiger partial charge in [-0.05, 0) is 36.8 Å². The highest BCUT2D eigenvalue weighted by atomic mass is 19.1. The van der Waals surface area contributed by atoms with Crippen LogP contribution in [0.5, 0.6) is 0 Å². The molecule has 0 aliphatic heterocycles. The van der Waals surface area contributed by atoms with Crippen LogP contribution < -0.4 is 5.56 Å². The van der Waals surface area contributed by atoms with Gasteiger partial charge in [-0.25, -0.2) is 9.18 Å². The number of benzene rings is 1. The average Bonchev–Trinajstić information content (AvgIpc) is 2.35. The molecular formula is C14H12FNO3. The van der Waals surface area contributed by atoms with Crippen molar-refractivity contribution in [1.82, 2.24) is 4.57 Å². The van der Waals surface area contributed by atoms with E-state index in [1.165, 1.54) is 29.8 Å². The summed E-state index contributed by atoms with van der Waals surface area (Å²) in [6, 6.07) is 4.18. The molecule has 0 saturated heterocycles. The molecule has 0 aliphatic carbocycles. The second-order valence-corrected chi connectivity index (χ2v) is 4.24. The number of nitrogens with zero attached hydrogens (tertiary/aromatic N) is 1. The lowest BCUT2D eigenvalue weighted by Crippen LogP contribution is -2.21. The highest BCUT2D eigenvalue weighted by Gasteiger charge is 2.10. The van der Waals surface area contributed by atoms with Gasteiger partial charge >= 0.3 is 5.97 Å². The Hall–Kier alpha value is -2.43. The number of aromatic nitrogens is 1. The zero-order chi connectivity index (χ0) is 14.2. The molecule has 1 heterocycles. The number of hydrogen-bond donors (Lipinski definition) is 1. The third-order valence-corrected chi connectivity index (χ3v) is 3.06. The summed E-state index contributed by atoms with van der Waals surface area (Å²) in [6.07, 6.45) is 2.18.